The van der Waals surface area contributed by atoms with Crippen molar-refractivity contribution in [3.05, 3.63) is 33.7 Å². The van der Waals surface area contributed by atoms with Gasteiger partial charge in [0.25, 0.3) is 0 Å². The number of rotatable bonds is 3. The van der Waals surface area contributed by atoms with E-state index in [1.165, 1.54) is 11.6 Å². The number of aryl methyl sites for hydroxylation is 1. The van der Waals surface area contributed by atoms with E-state index in [1.54, 1.807) is 6.07 Å². The number of nitrogens with one attached hydrogen (secondary N) is 1. The normalized spacial score (nSPS) is 10.9. The van der Waals surface area contributed by atoms with E-state index in [0.29, 0.717) is 9.99 Å². The second-order valence-electron chi connectivity index (χ2n) is 4.22. The monoisotopic (exact) mass is 310 g/mol. The van der Waals surface area contributed by atoms with Gasteiger partial charge < -0.3 is 5.32 Å². The first-order valence-corrected chi connectivity index (χ1v) is 6.89. The molecule has 1 heterocycles. The van der Waals surface area contributed by atoms with Crippen LogP contribution in [0.3, 0.4) is 0 Å². The fourth-order valence-electron chi connectivity index (χ4n) is 2.23. The van der Waals surface area contributed by atoms with E-state index >= 15 is 0 Å². The number of aromatic nitrogens is 1. The third-order valence-corrected chi connectivity index (χ3v) is 3.65. The maximum absolute atomic E-state index is 13.6. The first-order chi connectivity index (χ1) is 8.58. The highest BCUT2D eigenvalue weighted by molar-refractivity contribution is 9.10. The molecule has 2 rings (SSSR count). The SMILES string of the molecule is CCNc1c(CC)c(C)nc2cc(F)c(Br)cc12. The van der Waals surface area contributed by atoms with Crippen LogP contribution in [0.25, 0.3) is 10.9 Å². The highest BCUT2D eigenvalue weighted by Crippen LogP contribution is 2.32. The number of fused-ring (bicyclic) bond motifs is 1. The molecule has 1 aromatic carbocycles. The van der Waals surface area contributed by atoms with E-state index in [-0.39, 0.29) is 5.82 Å². The maximum atomic E-state index is 13.6. The molecule has 0 aliphatic heterocycles. The summed E-state index contributed by atoms with van der Waals surface area (Å²) in [6, 6.07) is 3.28. The van der Waals surface area contributed by atoms with Gasteiger partial charge in [0.2, 0.25) is 0 Å². The highest BCUT2D eigenvalue weighted by Gasteiger charge is 2.13. The number of hydrogen-bond donors (Lipinski definition) is 1. The Morgan fingerprint density at radius 1 is 1.33 bits per heavy atom. The molecule has 0 saturated heterocycles. The van der Waals surface area contributed by atoms with Gasteiger partial charge in [-0.15, -0.1) is 0 Å². The van der Waals surface area contributed by atoms with Gasteiger partial charge in [-0.05, 0) is 47.8 Å². The van der Waals surface area contributed by atoms with E-state index in [1.807, 2.05) is 6.92 Å². The third-order valence-electron chi connectivity index (χ3n) is 3.04. The van der Waals surface area contributed by atoms with E-state index in [9.17, 15) is 4.39 Å². The molecule has 96 valence electrons. The smallest absolute Gasteiger partial charge is 0.139 e. The van der Waals surface area contributed by atoms with Gasteiger partial charge in [0.15, 0.2) is 0 Å². The number of halogens is 2. The largest absolute Gasteiger partial charge is 0.384 e. The molecule has 1 N–H and O–H groups in total. The minimum absolute atomic E-state index is 0.277. The lowest BCUT2D eigenvalue weighted by atomic mass is 10.0. The van der Waals surface area contributed by atoms with Crippen LogP contribution in [-0.2, 0) is 6.42 Å². The second-order valence-corrected chi connectivity index (χ2v) is 5.07. The van der Waals surface area contributed by atoms with Crippen LogP contribution in [0.1, 0.15) is 25.1 Å². The number of nitrogens with zero attached hydrogens (tertiary/aromatic N) is 1. The van der Waals surface area contributed by atoms with Crippen molar-refractivity contribution in [2.45, 2.75) is 27.2 Å². The Bertz CT molecular complexity index is 596. The molecule has 2 nitrogen and oxygen atoms in total. The Labute approximate surface area is 115 Å². The summed E-state index contributed by atoms with van der Waals surface area (Å²) in [7, 11) is 0. The van der Waals surface area contributed by atoms with Crippen molar-refractivity contribution in [2.75, 3.05) is 11.9 Å². The molecular formula is C14H16BrFN2. The van der Waals surface area contributed by atoms with E-state index in [2.05, 4.69) is 40.1 Å². The van der Waals surface area contributed by atoms with E-state index in [4.69, 9.17) is 0 Å². The van der Waals surface area contributed by atoms with Crippen molar-refractivity contribution in [3.8, 4) is 0 Å². The molecule has 0 aliphatic carbocycles. The molecule has 2 aromatic rings. The maximum Gasteiger partial charge on any atom is 0.139 e. The molecular weight excluding hydrogens is 295 g/mol. The van der Waals surface area contributed by atoms with Gasteiger partial charge in [-0.2, -0.15) is 0 Å². The van der Waals surface area contributed by atoms with Crippen LogP contribution in [0.2, 0.25) is 0 Å². The van der Waals surface area contributed by atoms with Gasteiger partial charge in [0, 0.05) is 29.4 Å². The predicted octanol–water partition coefficient (Wildman–Crippen LogP) is 4.44. The van der Waals surface area contributed by atoms with Gasteiger partial charge in [-0.25, -0.2) is 4.39 Å². The molecule has 1 aromatic heterocycles. The third kappa shape index (κ3) is 2.21. The molecule has 4 heteroatoms. The molecule has 0 saturated carbocycles. The summed E-state index contributed by atoms with van der Waals surface area (Å²) in [5.74, 6) is -0.277. The standard InChI is InChI=1S/C14H16BrFN2/c1-4-9-8(3)18-13-7-12(16)11(15)6-10(13)14(9)17-5-2/h6-7H,4-5H2,1-3H3,(H,17,18). The lowest BCUT2D eigenvalue weighted by Crippen LogP contribution is -2.05. The summed E-state index contributed by atoms with van der Waals surface area (Å²) in [5, 5.41) is 4.34. The lowest BCUT2D eigenvalue weighted by molar-refractivity contribution is 0.622. The summed E-state index contributed by atoms with van der Waals surface area (Å²) in [6.45, 7) is 6.97. The molecule has 0 spiro atoms. The van der Waals surface area contributed by atoms with Crippen LogP contribution < -0.4 is 5.32 Å². The van der Waals surface area contributed by atoms with Crippen LogP contribution in [0.5, 0.6) is 0 Å². The molecule has 0 amide bonds. The zero-order chi connectivity index (χ0) is 13.3. The summed E-state index contributed by atoms with van der Waals surface area (Å²) in [4.78, 5) is 4.49. The van der Waals surface area contributed by atoms with Gasteiger partial charge in [0.1, 0.15) is 5.82 Å². The summed E-state index contributed by atoms with van der Waals surface area (Å²) in [6.07, 6.45) is 0.909. The fraction of sp³-hybridized carbons (Fsp3) is 0.357. The Morgan fingerprint density at radius 2 is 2.06 bits per heavy atom. The minimum atomic E-state index is -0.277. The van der Waals surface area contributed by atoms with Gasteiger partial charge in [-0.1, -0.05) is 6.92 Å². The van der Waals surface area contributed by atoms with Crippen molar-refractivity contribution in [1.82, 2.24) is 4.98 Å². The topological polar surface area (TPSA) is 24.9 Å². The summed E-state index contributed by atoms with van der Waals surface area (Å²) in [5.41, 5.74) is 3.93. The Morgan fingerprint density at radius 3 is 2.67 bits per heavy atom. The van der Waals surface area contributed by atoms with Crippen molar-refractivity contribution in [1.29, 1.82) is 0 Å². The molecule has 0 atom stereocenters. The molecule has 0 fully saturated rings. The molecule has 0 unspecified atom stereocenters. The van der Waals surface area contributed by atoms with Crippen molar-refractivity contribution < 1.29 is 4.39 Å². The Hall–Kier alpha value is -1.16. The van der Waals surface area contributed by atoms with Crippen molar-refractivity contribution >= 4 is 32.5 Å². The lowest BCUT2D eigenvalue weighted by Gasteiger charge is -2.15. The summed E-state index contributed by atoms with van der Waals surface area (Å²) >= 11 is 3.24. The van der Waals surface area contributed by atoms with Crippen LogP contribution >= 0.6 is 15.9 Å². The Balaban J connectivity index is 2.83. The van der Waals surface area contributed by atoms with E-state index in [0.717, 1.165) is 29.7 Å². The first-order valence-electron chi connectivity index (χ1n) is 6.10. The molecule has 0 aliphatic rings. The first kappa shape index (κ1) is 13.3. The van der Waals surface area contributed by atoms with Crippen LogP contribution in [0, 0.1) is 12.7 Å². The van der Waals surface area contributed by atoms with Crippen molar-refractivity contribution in [3.63, 3.8) is 0 Å². The van der Waals surface area contributed by atoms with Gasteiger partial charge >= 0.3 is 0 Å². The highest BCUT2D eigenvalue weighted by atomic mass is 79.9. The minimum Gasteiger partial charge on any atom is -0.384 e. The fourth-order valence-corrected chi connectivity index (χ4v) is 2.58. The van der Waals surface area contributed by atoms with E-state index < -0.39 is 0 Å². The van der Waals surface area contributed by atoms with Gasteiger partial charge in [-0.3, -0.25) is 4.98 Å². The predicted molar refractivity (Wildman–Crippen MR) is 77.7 cm³/mol. The quantitative estimate of drug-likeness (QED) is 0.906. The van der Waals surface area contributed by atoms with Gasteiger partial charge in [0.05, 0.1) is 9.99 Å². The Kier molecular flexibility index (Phi) is 3.85. The summed E-state index contributed by atoms with van der Waals surface area (Å²) < 4.78 is 14.0. The number of anilines is 1. The number of benzene rings is 1. The number of hydrogen-bond acceptors (Lipinski definition) is 2. The number of pyridine rings is 1. The molecule has 18 heavy (non-hydrogen) atoms. The van der Waals surface area contributed by atoms with Crippen LogP contribution in [0.4, 0.5) is 10.1 Å². The average molecular weight is 311 g/mol. The zero-order valence-electron chi connectivity index (χ0n) is 10.8. The zero-order valence-corrected chi connectivity index (χ0v) is 12.4. The second kappa shape index (κ2) is 5.22. The average Bonchev–Trinajstić information content (AvgIpc) is 2.32. The van der Waals surface area contributed by atoms with Crippen LogP contribution in [-0.4, -0.2) is 11.5 Å². The molecule has 0 bridgehead atoms. The van der Waals surface area contributed by atoms with Crippen LogP contribution in [0.15, 0.2) is 16.6 Å². The van der Waals surface area contributed by atoms with Crippen molar-refractivity contribution in [2.24, 2.45) is 0 Å². The molecule has 0 radical (unpaired) electrons.